The maximum absolute atomic E-state index is 13.0. The summed E-state index contributed by atoms with van der Waals surface area (Å²) < 4.78 is 22.0. The van der Waals surface area contributed by atoms with E-state index >= 15 is 0 Å². The number of aliphatic carboxylic acids is 3. The van der Waals surface area contributed by atoms with Crippen LogP contribution >= 0.6 is 0 Å². The second-order valence-corrected chi connectivity index (χ2v) is 13.1. The number of allylic oxidation sites excluding steroid dienone is 1. The normalized spacial score (nSPS) is 30.1. The van der Waals surface area contributed by atoms with Crippen LogP contribution in [0, 0.1) is 17.8 Å². The highest BCUT2D eigenvalue weighted by atomic mass is 16.9. The Balaban J connectivity index is 2.02. The van der Waals surface area contributed by atoms with E-state index in [0.29, 0.717) is 18.8 Å². The molecular formula is C35H46O14. The lowest BCUT2D eigenvalue weighted by Crippen LogP contribution is -2.78. The van der Waals surface area contributed by atoms with Gasteiger partial charge in [-0.3, -0.25) is 4.79 Å². The molecule has 2 heterocycles. The van der Waals surface area contributed by atoms with Crippen molar-refractivity contribution in [3.63, 3.8) is 0 Å². The summed E-state index contributed by atoms with van der Waals surface area (Å²) in [5.41, 5.74) is -6.27. The second kappa shape index (κ2) is 15.6. The largest absolute Gasteiger partial charge is 0.479 e. The zero-order valence-electron chi connectivity index (χ0n) is 28.2. The fourth-order valence-corrected chi connectivity index (χ4v) is 6.58. The van der Waals surface area contributed by atoms with Gasteiger partial charge in [0.25, 0.3) is 0 Å². The van der Waals surface area contributed by atoms with Crippen molar-refractivity contribution in [1.82, 2.24) is 0 Å². The zero-order valence-corrected chi connectivity index (χ0v) is 28.2. The van der Waals surface area contributed by atoms with Gasteiger partial charge < -0.3 is 44.5 Å². The van der Waals surface area contributed by atoms with E-state index in [1.54, 1.807) is 6.92 Å². The van der Waals surface area contributed by atoms with Crippen LogP contribution in [-0.2, 0) is 49.3 Å². The van der Waals surface area contributed by atoms with Gasteiger partial charge in [-0.25, -0.2) is 19.2 Å². The molecule has 0 unspecified atom stereocenters. The minimum atomic E-state index is -3.90. The maximum atomic E-state index is 13.0. The number of esters is 2. The molecule has 49 heavy (non-hydrogen) atoms. The van der Waals surface area contributed by atoms with Crippen molar-refractivity contribution < 1.29 is 68.5 Å². The monoisotopic (exact) mass is 698 g/mol. The van der Waals surface area contributed by atoms with Crippen LogP contribution in [0.4, 0.5) is 0 Å². The maximum Gasteiger partial charge on any atom is 0.344 e. The summed E-state index contributed by atoms with van der Waals surface area (Å²) in [6.07, 6.45) is -4.83. The van der Waals surface area contributed by atoms with Gasteiger partial charge in [-0.2, -0.15) is 0 Å². The lowest BCUT2D eigenvalue weighted by molar-refractivity contribution is -0.374. The number of fused-ring (bicyclic) bond motifs is 2. The van der Waals surface area contributed by atoms with Gasteiger partial charge in [-0.15, -0.1) is 0 Å². The van der Waals surface area contributed by atoms with Crippen molar-refractivity contribution >= 4 is 29.8 Å². The van der Waals surface area contributed by atoms with Gasteiger partial charge in [0.05, 0.1) is 0 Å². The number of aliphatic hydroxyl groups is 2. The molecule has 1 aromatic rings. The quantitative estimate of drug-likeness (QED) is 0.0683. The Labute approximate surface area is 284 Å². The number of hydrogen-bond acceptors (Lipinski definition) is 11. The molecule has 0 radical (unpaired) electrons. The summed E-state index contributed by atoms with van der Waals surface area (Å²) in [6, 6.07) is 9.29. The molecular weight excluding hydrogens is 652 g/mol. The molecule has 2 aliphatic heterocycles. The summed E-state index contributed by atoms with van der Waals surface area (Å²) in [4.78, 5) is 63.0. The minimum absolute atomic E-state index is 0.123. The lowest BCUT2D eigenvalue weighted by Gasteiger charge is -2.48. The number of carboxylic acids is 3. The number of carbonyl (C=O) groups excluding carboxylic acids is 2. The molecule has 2 saturated heterocycles. The fraction of sp³-hybridized carbons (Fsp3) is 0.571. The highest BCUT2D eigenvalue weighted by Gasteiger charge is 2.85. The molecule has 2 aliphatic rings. The molecule has 0 saturated carbocycles. The standard InChI is InChI=1S/C35H46O14/c1-7-19(2)17-20(3)13-14-25(37)47-28-27(38)33(48-29(30(39)40)34(45,31(41)42)35(28,49-33)32(43)44)16-15-21(4)26(46-23(6)36)22(5)18-24-11-9-8-10-12-24/h8-14,19-20,22,26-29,38,45H,4,7,15-18H2,1-3,5-6H3,(H,39,40)(H,41,42)(H,43,44)/b14-13+/t19-,20+,22+,26-,27+,28+,29+,33-,34+,35-/m0/s1/i21+1,23+1,24+1,25+1,26+1,30+1,31+1,33+1. The highest BCUT2D eigenvalue weighted by Crippen LogP contribution is 2.56. The summed E-state index contributed by atoms with van der Waals surface area (Å²) in [6.45, 7) is 12.9. The third-order valence-electron chi connectivity index (χ3n) is 9.29. The van der Waals surface area contributed by atoms with E-state index < -0.39 is 77.7 Å². The van der Waals surface area contributed by atoms with Crippen molar-refractivity contribution in [3.8, 4) is 0 Å². The topological polar surface area (TPSA) is 223 Å². The smallest absolute Gasteiger partial charge is 0.344 e. The minimum Gasteiger partial charge on any atom is -0.479 e. The van der Waals surface area contributed by atoms with Crippen LogP contribution in [0.2, 0.25) is 0 Å². The van der Waals surface area contributed by atoms with Crippen molar-refractivity contribution in [2.24, 2.45) is 17.8 Å². The van der Waals surface area contributed by atoms with E-state index in [9.17, 15) is 49.5 Å². The number of hydrogen-bond donors (Lipinski definition) is 5. The number of benzene rings is 1. The van der Waals surface area contributed by atoms with Gasteiger partial charge in [0, 0.05) is 25.3 Å². The Morgan fingerprint density at radius 1 is 1.04 bits per heavy atom. The average Bonchev–Trinajstić information content (AvgIpc) is 3.25. The van der Waals surface area contributed by atoms with Gasteiger partial charge in [-0.05, 0) is 42.2 Å². The number of aliphatic hydroxyl groups excluding tert-OH is 1. The third kappa shape index (κ3) is 7.88. The first-order valence-electron chi connectivity index (χ1n) is 16.1. The molecule has 0 spiro atoms. The summed E-state index contributed by atoms with van der Waals surface area (Å²) in [7, 11) is 0. The van der Waals surface area contributed by atoms with Crippen LogP contribution in [0.3, 0.4) is 0 Å². The summed E-state index contributed by atoms with van der Waals surface area (Å²) in [5.74, 6) is -11.3. The van der Waals surface area contributed by atoms with Gasteiger partial charge in [0.1, 0.15) is 12.2 Å². The number of ether oxygens (including phenoxy) is 4. The van der Waals surface area contributed by atoms with Crippen molar-refractivity contribution in [1.29, 1.82) is 0 Å². The molecule has 2 bridgehead atoms. The first kappa shape index (κ1) is 39.3. The summed E-state index contributed by atoms with van der Waals surface area (Å²) >= 11 is 0. The summed E-state index contributed by atoms with van der Waals surface area (Å²) in [5, 5.41) is 53.5. The molecule has 0 aromatic heterocycles. The molecule has 2 fully saturated rings. The average molecular weight is 699 g/mol. The number of rotatable bonds is 17. The van der Waals surface area contributed by atoms with Gasteiger partial charge in [0.15, 0.2) is 6.10 Å². The van der Waals surface area contributed by atoms with E-state index in [1.807, 2.05) is 51.1 Å². The van der Waals surface area contributed by atoms with Crippen LogP contribution in [0.25, 0.3) is 0 Å². The number of carbonyl (C=O) groups is 5. The van der Waals surface area contributed by atoms with Crippen LogP contribution in [0.1, 0.15) is 65.9 Å². The Kier molecular flexibility index (Phi) is 12.5. The van der Waals surface area contributed by atoms with E-state index in [2.05, 4.69) is 6.58 Å². The van der Waals surface area contributed by atoms with Crippen LogP contribution in [0.5, 0.6) is 0 Å². The molecule has 14 nitrogen and oxygen atoms in total. The molecule has 270 valence electrons. The lowest BCUT2D eigenvalue weighted by atomic mass is 9.80. The Morgan fingerprint density at radius 3 is 2.20 bits per heavy atom. The van der Waals surface area contributed by atoms with Gasteiger partial charge in [-0.1, -0.05) is 77.1 Å². The molecule has 0 amide bonds. The molecule has 3 rings (SSSR count). The Morgan fingerprint density at radius 2 is 1.67 bits per heavy atom. The fourth-order valence-electron chi connectivity index (χ4n) is 6.58. The Hall–Kier alpha value is -4.11. The molecule has 5 N–H and O–H groups in total. The van der Waals surface area contributed by atoms with Crippen LogP contribution in [-0.4, -0.2) is 96.8 Å². The first-order chi connectivity index (χ1) is 22.9. The van der Waals surface area contributed by atoms with Gasteiger partial charge >= 0.3 is 29.8 Å². The van der Waals surface area contributed by atoms with E-state index in [-0.39, 0.29) is 23.8 Å². The second-order valence-electron chi connectivity index (χ2n) is 13.1. The van der Waals surface area contributed by atoms with E-state index in [0.717, 1.165) is 18.1 Å². The molecule has 1 aromatic carbocycles. The molecule has 0 aliphatic carbocycles. The van der Waals surface area contributed by atoms with Crippen LogP contribution in [0.15, 0.2) is 54.6 Å². The zero-order chi connectivity index (χ0) is 36.9. The molecule has 10 atom stereocenters. The van der Waals surface area contributed by atoms with Crippen molar-refractivity contribution in [2.75, 3.05) is 0 Å². The predicted octanol–water partition coefficient (Wildman–Crippen LogP) is 2.88. The SMILES string of the molecule is C=[13C](CC[13C@]12O[C@H]([13C](=O)O)[C@@](O)([13C](=O)O)[C@](C(=O)O)(O1)[C@H](O[13C](=O)/C=C/[C@@H](C)C[C@@H](C)CC)[C@H]2O)[13C@H](O[13C](C)=O)[C@H](C)C[13c]1ccccc1. The van der Waals surface area contributed by atoms with Crippen LogP contribution < -0.4 is 0 Å². The number of carboxylic acid groups (broad SMARTS) is 3. The van der Waals surface area contributed by atoms with E-state index in [1.165, 1.54) is 13.0 Å². The van der Waals surface area contributed by atoms with Gasteiger partial charge in [0.2, 0.25) is 23.1 Å². The predicted molar refractivity (Wildman–Crippen MR) is 171 cm³/mol. The highest BCUT2D eigenvalue weighted by molar-refractivity contribution is 5.98. The van der Waals surface area contributed by atoms with Crippen molar-refractivity contribution in [2.45, 2.75) is 108 Å². The van der Waals surface area contributed by atoms with E-state index in [4.69, 9.17) is 18.9 Å². The Bertz CT molecular complexity index is 1440. The first-order valence-corrected chi connectivity index (χ1v) is 16.1. The third-order valence-corrected chi connectivity index (χ3v) is 9.29. The van der Waals surface area contributed by atoms with Crippen molar-refractivity contribution in [3.05, 3.63) is 60.2 Å². The molecule has 14 heteroatoms.